The van der Waals surface area contributed by atoms with Crippen molar-refractivity contribution in [1.29, 1.82) is 0 Å². The molecule has 0 aliphatic heterocycles. The van der Waals surface area contributed by atoms with Gasteiger partial charge in [0.05, 0.1) is 0 Å². The van der Waals surface area contributed by atoms with Crippen LogP contribution >= 0.6 is 11.8 Å². The summed E-state index contributed by atoms with van der Waals surface area (Å²) in [5, 5.41) is 0. The molecule has 0 amide bonds. The van der Waals surface area contributed by atoms with E-state index in [1.54, 1.807) is 0 Å². The van der Waals surface area contributed by atoms with Gasteiger partial charge in [-0.2, -0.15) is 11.8 Å². The van der Waals surface area contributed by atoms with Gasteiger partial charge in [0.15, 0.2) is 0 Å². The van der Waals surface area contributed by atoms with Crippen LogP contribution in [0.15, 0.2) is 0 Å². The Kier molecular flexibility index (Phi) is 6.65. The molecule has 0 aliphatic carbocycles. The summed E-state index contributed by atoms with van der Waals surface area (Å²) in [6.07, 6.45) is 1.05. The van der Waals surface area contributed by atoms with Crippen molar-refractivity contribution >= 4 is 11.8 Å². The van der Waals surface area contributed by atoms with Crippen LogP contribution in [0, 0.1) is 6.92 Å². The van der Waals surface area contributed by atoms with E-state index in [1.807, 2.05) is 11.8 Å². The van der Waals surface area contributed by atoms with E-state index in [2.05, 4.69) is 25.9 Å². The SMILES string of the molecule is [CH2]CCSCCN(C)C. The first kappa shape index (κ1) is 9.31. The van der Waals surface area contributed by atoms with Crippen molar-refractivity contribution in [3.8, 4) is 0 Å². The normalized spacial score (nSPS) is 10.7. The molecule has 0 atom stereocenters. The molecule has 0 saturated carbocycles. The molecule has 0 fully saturated rings. The zero-order chi connectivity index (χ0) is 7.11. The zero-order valence-electron chi connectivity index (χ0n) is 6.39. The summed E-state index contributed by atoms with van der Waals surface area (Å²) in [5.74, 6) is 2.44. The third kappa shape index (κ3) is 8.31. The topological polar surface area (TPSA) is 3.24 Å². The first-order valence-electron chi connectivity index (χ1n) is 3.29. The van der Waals surface area contributed by atoms with Crippen LogP contribution in [0.25, 0.3) is 0 Å². The zero-order valence-corrected chi connectivity index (χ0v) is 7.21. The highest BCUT2D eigenvalue weighted by molar-refractivity contribution is 7.99. The second-order valence-corrected chi connectivity index (χ2v) is 3.49. The van der Waals surface area contributed by atoms with Gasteiger partial charge in [-0.1, -0.05) is 6.92 Å². The predicted molar refractivity (Wildman–Crippen MR) is 45.9 cm³/mol. The maximum atomic E-state index is 3.77. The lowest BCUT2D eigenvalue weighted by Crippen LogP contribution is -2.14. The minimum absolute atomic E-state index is 1.05. The molecular weight excluding hydrogens is 130 g/mol. The van der Waals surface area contributed by atoms with Gasteiger partial charge in [-0.3, -0.25) is 0 Å². The minimum Gasteiger partial charge on any atom is -0.309 e. The van der Waals surface area contributed by atoms with Gasteiger partial charge in [0.25, 0.3) is 0 Å². The van der Waals surface area contributed by atoms with Gasteiger partial charge in [-0.25, -0.2) is 0 Å². The number of thioether (sulfide) groups is 1. The number of hydrogen-bond donors (Lipinski definition) is 0. The summed E-state index contributed by atoms with van der Waals surface area (Å²) in [6, 6.07) is 0. The Morgan fingerprint density at radius 2 is 2.00 bits per heavy atom. The molecule has 0 heterocycles. The Morgan fingerprint density at radius 1 is 1.33 bits per heavy atom. The smallest absolute Gasteiger partial charge is 0.00662 e. The average Bonchev–Trinajstić information content (AvgIpc) is 1.80. The van der Waals surface area contributed by atoms with E-state index < -0.39 is 0 Å². The fraction of sp³-hybridized carbons (Fsp3) is 0.857. The van der Waals surface area contributed by atoms with Crippen molar-refractivity contribution < 1.29 is 0 Å². The number of rotatable bonds is 5. The molecule has 0 aromatic rings. The Hall–Kier alpha value is 0.310. The maximum Gasteiger partial charge on any atom is 0.00662 e. The van der Waals surface area contributed by atoms with Crippen molar-refractivity contribution in [2.75, 3.05) is 32.1 Å². The van der Waals surface area contributed by atoms with Crippen molar-refractivity contribution in [3.63, 3.8) is 0 Å². The van der Waals surface area contributed by atoms with Gasteiger partial charge >= 0.3 is 0 Å². The van der Waals surface area contributed by atoms with Crippen molar-refractivity contribution in [3.05, 3.63) is 6.92 Å². The van der Waals surface area contributed by atoms with Gasteiger partial charge in [0.1, 0.15) is 0 Å². The molecule has 0 spiro atoms. The summed E-state index contributed by atoms with van der Waals surface area (Å²) in [5.41, 5.74) is 0. The highest BCUT2D eigenvalue weighted by Gasteiger charge is 1.88. The van der Waals surface area contributed by atoms with Crippen LogP contribution in [0.5, 0.6) is 0 Å². The van der Waals surface area contributed by atoms with Gasteiger partial charge in [-0.15, -0.1) is 0 Å². The number of nitrogens with zero attached hydrogens (tertiary/aromatic N) is 1. The van der Waals surface area contributed by atoms with Crippen LogP contribution in [-0.4, -0.2) is 37.0 Å². The van der Waals surface area contributed by atoms with E-state index in [0.29, 0.717) is 0 Å². The molecule has 1 radical (unpaired) electrons. The summed E-state index contributed by atoms with van der Waals surface area (Å²) >= 11 is 1.98. The third-order valence-corrected chi connectivity index (χ3v) is 2.02. The highest BCUT2D eigenvalue weighted by Crippen LogP contribution is 2.00. The lowest BCUT2D eigenvalue weighted by Gasteiger charge is -2.07. The van der Waals surface area contributed by atoms with E-state index in [9.17, 15) is 0 Å². The largest absolute Gasteiger partial charge is 0.309 e. The van der Waals surface area contributed by atoms with E-state index in [1.165, 1.54) is 18.1 Å². The van der Waals surface area contributed by atoms with Gasteiger partial charge in [0, 0.05) is 12.3 Å². The summed E-state index contributed by atoms with van der Waals surface area (Å²) in [6.45, 7) is 4.95. The summed E-state index contributed by atoms with van der Waals surface area (Å²) < 4.78 is 0. The van der Waals surface area contributed by atoms with Crippen LogP contribution in [0.3, 0.4) is 0 Å². The second-order valence-electron chi connectivity index (χ2n) is 2.27. The molecule has 0 rings (SSSR count). The van der Waals surface area contributed by atoms with Gasteiger partial charge in [-0.05, 0) is 26.3 Å². The monoisotopic (exact) mass is 146 g/mol. The fourth-order valence-electron chi connectivity index (χ4n) is 0.451. The molecule has 0 bridgehead atoms. The van der Waals surface area contributed by atoms with Crippen LogP contribution in [0.1, 0.15) is 6.42 Å². The molecule has 0 aromatic heterocycles. The van der Waals surface area contributed by atoms with Crippen LogP contribution in [-0.2, 0) is 0 Å². The maximum absolute atomic E-state index is 3.77. The lowest BCUT2D eigenvalue weighted by atomic mass is 10.6. The van der Waals surface area contributed by atoms with Gasteiger partial charge in [0.2, 0.25) is 0 Å². The highest BCUT2D eigenvalue weighted by atomic mass is 32.2. The second kappa shape index (κ2) is 6.43. The van der Waals surface area contributed by atoms with E-state index in [-0.39, 0.29) is 0 Å². The summed E-state index contributed by atoms with van der Waals surface area (Å²) in [4.78, 5) is 2.20. The molecule has 0 N–H and O–H groups in total. The van der Waals surface area contributed by atoms with E-state index in [4.69, 9.17) is 0 Å². The Bertz CT molecular complexity index is 54.9. The third-order valence-electron chi connectivity index (χ3n) is 0.972. The minimum atomic E-state index is 1.05. The first-order chi connectivity index (χ1) is 4.27. The van der Waals surface area contributed by atoms with E-state index >= 15 is 0 Å². The van der Waals surface area contributed by atoms with Crippen LogP contribution in [0.2, 0.25) is 0 Å². The predicted octanol–water partition coefficient (Wildman–Crippen LogP) is 1.51. The van der Waals surface area contributed by atoms with Crippen molar-refractivity contribution in [1.82, 2.24) is 4.90 Å². The lowest BCUT2D eigenvalue weighted by molar-refractivity contribution is 0.437. The molecule has 55 valence electrons. The number of hydrogen-bond acceptors (Lipinski definition) is 2. The Balaban J connectivity index is 2.75. The van der Waals surface area contributed by atoms with Gasteiger partial charge < -0.3 is 4.90 Å². The molecule has 2 heteroatoms. The molecular formula is C7H16NS. The molecule has 9 heavy (non-hydrogen) atoms. The van der Waals surface area contributed by atoms with Crippen LogP contribution < -0.4 is 0 Å². The molecule has 0 aliphatic rings. The quantitative estimate of drug-likeness (QED) is 0.541. The molecule has 0 aromatic carbocycles. The Labute approximate surface area is 62.8 Å². The standard InChI is InChI=1S/C7H16NS/c1-4-6-9-7-5-8(2)3/h1,4-7H2,2-3H3. The van der Waals surface area contributed by atoms with Crippen molar-refractivity contribution in [2.45, 2.75) is 6.42 Å². The van der Waals surface area contributed by atoms with Crippen molar-refractivity contribution in [2.24, 2.45) is 0 Å². The molecule has 0 saturated heterocycles. The van der Waals surface area contributed by atoms with Crippen LogP contribution in [0.4, 0.5) is 0 Å². The Morgan fingerprint density at radius 3 is 2.44 bits per heavy atom. The summed E-state index contributed by atoms with van der Waals surface area (Å²) in [7, 11) is 4.20. The molecule has 0 unspecified atom stereocenters. The average molecular weight is 146 g/mol. The molecule has 1 nitrogen and oxygen atoms in total. The first-order valence-corrected chi connectivity index (χ1v) is 4.44. The fourth-order valence-corrected chi connectivity index (χ4v) is 1.35. The van der Waals surface area contributed by atoms with E-state index in [0.717, 1.165) is 6.42 Å².